The molecule has 1 fully saturated rings. The first-order valence-corrected chi connectivity index (χ1v) is 7.52. The molecule has 1 aliphatic carbocycles. The van der Waals surface area contributed by atoms with Crippen molar-refractivity contribution >= 4 is 5.97 Å². The fourth-order valence-corrected chi connectivity index (χ4v) is 3.10. The van der Waals surface area contributed by atoms with Crippen molar-refractivity contribution in [1.29, 1.82) is 0 Å². The van der Waals surface area contributed by atoms with Crippen LogP contribution in [-0.2, 0) is 9.53 Å². The molecule has 0 unspecified atom stereocenters. The van der Waals surface area contributed by atoms with E-state index in [1.165, 1.54) is 0 Å². The Morgan fingerprint density at radius 2 is 1.84 bits per heavy atom. The molecule has 0 aromatic rings. The number of carbonyl (C=O) groups is 1. The molecule has 0 aliphatic heterocycles. The Bertz CT molecular complexity index is 294. The predicted octanol–water partition coefficient (Wildman–Crippen LogP) is 4.11. The lowest BCUT2D eigenvalue weighted by atomic mass is 9.63. The van der Waals surface area contributed by atoms with E-state index < -0.39 is 11.4 Å². The number of aliphatic carboxylic acids is 1. The van der Waals surface area contributed by atoms with E-state index >= 15 is 0 Å². The first kappa shape index (κ1) is 16.5. The zero-order valence-corrected chi connectivity index (χ0v) is 13.2. The molecule has 0 amide bonds. The number of rotatable bonds is 5. The molecule has 1 aliphatic rings. The number of ether oxygens (including phenoxy) is 1. The van der Waals surface area contributed by atoms with E-state index in [4.69, 9.17) is 4.74 Å². The summed E-state index contributed by atoms with van der Waals surface area (Å²) in [5, 5.41) is 9.59. The van der Waals surface area contributed by atoms with Crippen LogP contribution in [0.15, 0.2) is 0 Å². The molecule has 0 atom stereocenters. The number of hydrogen-bond donors (Lipinski definition) is 1. The lowest BCUT2D eigenvalue weighted by Crippen LogP contribution is -2.39. The second-order valence-corrected chi connectivity index (χ2v) is 7.40. The van der Waals surface area contributed by atoms with Gasteiger partial charge in [-0.1, -0.05) is 20.8 Å². The molecular weight excluding hydrogens is 240 g/mol. The van der Waals surface area contributed by atoms with Crippen LogP contribution < -0.4 is 0 Å². The Balaban J connectivity index is 2.59. The van der Waals surface area contributed by atoms with Crippen LogP contribution in [0.4, 0.5) is 0 Å². The smallest absolute Gasteiger partial charge is 0.309 e. The fourth-order valence-electron chi connectivity index (χ4n) is 3.10. The van der Waals surface area contributed by atoms with Gasteiger partial charge in [-0.2, -0.15) is 0 Å². The summed E-state index contributed by atoms with van der Waals surface area (Å²) in [6.45, 7) is 11.3. The fraction of sp³-hybridized carbons (Fsp3) is 0.938. The summed E-state index contributed by atoms with van der Waals surface area (Å²) in [5.74, 6) is 0.0122. The molecule has 3 nitrogen and oxygen atoms in total. The Morgan fingerprint density at radius 3 is 2.21 bits per heavy atom. The molecule has 1 saturated carbocycles. The van der Waals surface area contributed by atoms with E-state index in [1.807, 2.05) is 13.8 Å². The quantitative estimate of drug-likeness (QED) is 0.817. The zero-order valence-electron chi connectivity index (χ0n) is 13.2. The van der Waals surface area contributed by atoms with Gasteiger partial charge in [0.15, 0.2) is 0 Å². The molecule has 112 valence electrons. The maximum absolute atomic E-state index is 11.7. The summed E-state index contributed by atoms with van der Waals surface area (Å²) in [5.41, 5.74) is -0.254. The topological polar surface area (TPSA) is 46.5 Å². The van der Waals surface area contributed by atoms with Gasteiger partial charge >= 0.3 is 5.97 Å². The SMILES string of the molecule is CC(C)OCCC1(C(=O)O)CCC(C(C)(C)C)CC1. The average molecular weight is 270 g/mol. The van der Waals surface area contributed by atoms with Crippen LogP contribution in [0, 0.1) is 16.7 Å². The number of hydrogen-bond acceptors (Lipinski definition) is 2. The van der Waals surface area contributed by atoms with Gasteiger partial charge in [0, 0.05) is 6.61 Å². The summed E-state index contributed by atoms with van der Waals surface area (Å²) in [6.07, 6.45) is 4.47. The molecule has 0 aromatic heterocycles. The van der Waals surface area contributed by atoms with E-state index in [0.717, 1.165) is 25.7 Å². The Labute approximate surface area is 117 Å². The lowest BCUT2D eigenvalue weighted by molar-refractivity contribution is -0.154. The van der Waals surface area contributed by atoms with Crippen molar-refractivity contribution in [2.45, 2.75) is 72.8 Å². The first-order chi connectivity index (χ1) is 8.67. The third-order valence-electron chi connectivity index (χ3n) is 4.65. The largest absolute Gasteiger partial charge is 0.481 e. The van der Waals surface area contributed by atoms with Crippen molar-refractivity contribution in [2.24, 2.45) is 16.7 Å². The summed E-state index contributed by atoms with van der Waals surface area (Å²) < 4.78 is 5.55. The van der Waals surface area contributed by atoms with Crippen molar-refractivity contribution in [3.8, 4) is 0 Å². The van der Waals surface area contributed by atoms with E-state index in [-0.39, 0.29) is 6.10 Å². The van der Waals surface area contributed by atoms with Crippen molar-refractivity contribution in [3.63, 3.8) is 0 Å². The van der Waals surface area contributed by atoms with Gasteiger partial charge in [-0.3, -0.25) is 4.79 Å². The van der Waals surface area contributed by atoms with Crippen LogP contribution in [0.25, 0.3) is 0 Å². The third kappa shape index (κ3) is 4.48. The minimum atomic E-state index is -0.632. The second kappa shape index (κ2) is 6.25. The minimum absolute atomic E-state index is 0.178. The van der Waals surface area contributed by atoms with Crippen LogP contribution >= 0.6 is 0 Å². The third-order valence-corrected chi connectivity index (χ3v) is 4.65. The van der Waals surface area contributed by atoms with Crippen LogP contribution in [0.3, 0.4) is 0 Å². The molecule has 3 heteroatoms. The Kier molecular flexibility index (Phi) is 5.43. The minimum Gasteiger partial charge on any atom is -0.481 e. The van der Waals surface area contributed by atoms with E-state index in [2.05, 4.69) is 20.8 Å². The highest BCUT2D eigenvalue weighted by Crippen LogP contribution is 2.47. The molecule has 0 radical (unpaired) electrons. The van der Waals surface area contributed by atoms with Crippen molar-refractivity contribution in [2.75, 3.05) is 6.61 Å². The van der Waals surface area contributed by atoms with Crippen molar-refractivity contribution < 1.29 is 14.6 Å². The highest BCUT2D eigenvalue weighted by atomic mass is 16.5. The van der Waals surface area contributed by atoms with Crippen LogP contribution in [-0.4, -0.2) is 23.8 Å². The van der Waals surface area contributed by atoms with Crippen molar-refractivity contribution in [3.05, 3.63) is 0 Å². The van der Waals surface area contributed by atoms with Gasteiger partial charge in [0.1, 0.15) is 0 Å². The lowest BCUT2D eigenvalue weighted by Gasteiger charge is -2.41. The molecule has 0 heterocycles. The molecule has 19 heavy (non-hydrogen) atoms. The summed E-state index contributed by atoms with van der Waals surface area (Å²) >= 11 is 0. The summed E-state index contributed by atoms with van der Waals surface area (Å²) in [6, 6.07) is 0. The van der Waals surface area contributed by atoms with Crippen LogP contribution in [0.2, 0.25) is 0 Å². The van der Waals surface area contributed by atoms with E-state index in [1.54, 1.807) is 0 Å². The van der Waals surface area contributed by atoms with Crippen LogP contribution in [0.1, 0.15) is 66.7 Å². The van der Waals surface area contributed by atoms with Gasteiger partial charge in [0.2, 0.25) is 0 Å². The highest BCUT2D eigenvalue weighted by Gasteiger charge is 2.43. The molecule has 1 N–H and O–H groups in total. The van der Waals surface area contributed by atoms with Gasteiger partial charge < -0.3 is 9.84 Å². The Morgan fingerprint density at radius 1 is 1.32 bits per heavy atom. The van der Waals surface area contributed by atoms with Gasteiger partial charge in [-0.25, -0.2) is 0 Å². The molecule has 0 saturated heterocycles. The Hall–Kier alpha value is -0.570. The van der Waals surface area contributed by atoms with Gasteiger partial charge in [-0.05, 0) is 57.3 Å². The summed E-state index contributed by atoms with van der Waals surface area (Å²) in [4.78, 5) is 11.7. The van der Waals surface area contributed by atoms with Crippen LogP contribution in [0.5, 0.6) is 0 Å². The molecule has 0 spiro atoms. The molecule has 0 aromatic carbocycles. The van der Waals surface area contributed by atoms with Gasteiger partial charge in [-0.15, -0.1) is 0 Å². The maximum Gasteiger partial charge on any atom is 0.309 e. The van der Waals surface area contributed by atoms with Gasteiger partial charge in [0.25, 0.3) is 0 Å². The zero-order chi connectivity index (χ0) is 14.7. The predicted molar refractivity (Wildman–Crippen MR) is 77.2 cm³/mol. The van der Waals surface area contributed by atoms with E-state index in [0.29, 0.717) is 24.4 Å². The normalized spacial score (nSPS) is 28.6. The molecule has 0 bridgehead atoms. The average Bonchev–Trinajstić information content (AvgIpc) is 2.27. The monoisotopic (exact) mass is 270 g/mol. The molecule has 1 rings (SSSR count). The van der Waals surface area contributed by atoms with E-state index in [9.17, 15) is 9.90 Å². The highest BCUT2D eigenvalue weighted by molar-refractivity contribution is 5.74. The first-order valence-electron chi connectivity index (χ1n) is 7.52. The van der Waals surface area contributed by atoms with Gasteiger partial charge in [0.05, 0.1) is 11.5 Å². The summed E-state index contributed by atoms with van der Waals surface area (Å²) in [7, 11) is 0. The number of carboxylic acid groups (broad SMARTS) is 1. The van der Waals surface area contributed by atoms with Crippen molar-refractivity contribution in [1.82, 2.24) is 0 Å². The number of carboxylic acids is 1. The maximum atomic E-state index is 11.7. The molecular formula is C16H30O3. The standard InChI is InChI=1S/C16H30O3/c1-12(2)19-11-10-16(14(17)18)8-6-13(7-9-16)15(3,4)5/h12-13H,6-11H2,1-5H3,(H,17,18). The second-order valence-electron chi connectivity index (χ2n) is 7.40.